The number of rotatable bonds is 10. The Bertz CT molecular complexity index is 1960. The van der Waals surface area contributed by atoms with Crippen LogP contribution in [0.4, 0.5) is 18.9 Å². The summed E-state index contributed by atoms with van der Waals surface area (Å²) >= 11 is 0. The summed E-state index contributed by atoms with van der Waals surface area (Å²) in [5.74, 6) is -1.32. The van der Waals surface area contributed by atoms with E-state index in [9.17, 15) is 32.9 Å². The van der Waals surface area contributed by atoms with E-state index in [0.29, 0.717) is 17.6 Å². The van der Waals surface area contributed by atoms with E-state index in [2.05, 4.69) is 15.1 Å². The van der Waals surface area contributed by atoms with Crippen LogP contribution in [-0.2, 0) is 12.8 Å². The summed E-state index contributed by atoms with van der Waals surface area (Å²) in [5, 5.41) is 15.1. The highest BCUT2D eigenvalue weighted by atomic mass is 19.4. The van der Waals surface area contributed by atoms with Crippen molar-refractivity contribution in [3.8, 4) is 17.2 Å². The van der Waals surface area contributed by atoms with E-state index in [-0.39, 0.29) is 23.7 Å². The Labute approximate surface area is 265 Å². The molecule has 0 saturated heterocycles. The van der Waals surface area contributed by atoms with Gasteiger partial charge in [0.25, 0.3) is 5.69 Å². The van der Waals surface area contributed by atoms with Crippen molar-refractivity contribution in [2.45, 2.75) is 26.6 Å². The number of carbonyl (C=O) groups excluding carboxylic acids is 2. The molecule has 0 bridgehead atoms. The highest BCUT2D eigenvalue weighted by Crippen LogP contribution is 2.30. The third kappa shape index (κ3) is 7.73. The van der Waals surface area contributed by atoms with Gasteiger partial charge in [0.15, 0.2) is 5.76 Å². The maximum atomic E-state index is 13.1. The number of benzene rings is 3. The predicted octanol–water partition coefficient (Wildman–Crippen LogP) is 7.18. The van der Waals surface area contributed by atoms with Gasteiger partial charge in [0, 0.05) is 34.8 Å². The maximum Gasteiger partial charge on any atom is 0.416 e. The van der Waals surface area contributed by atoms with E-state index in [0.717, 1.165) is 59.7 Å². The van der Waals surface area contributed by atoms with Gasteiger partial charge in [0.1, 0.15) is 23.9 Å². The number of nitro groups is 1. The maximum absolute atomic E-state index is 13.1. The molecule has 0 aliphatic rings. The van der Waals surface area contributed by atoms with E-state index in [1.807, 2.05) is 50.2 Å². The van der Waals surface area contributed by atoms with Crippen LogP contribution in [0.2, 0.25) is 0 Å². The zero-order chi connectivity index (χ0) is 33.7. The Morgan fingerprint density at radius 3 is 2.38 bits per heavy atom. The number of carbonyl (C=O) groups is 2. The molecule has 1 N–H and O–H groups in total. The molecule has 0 aliphatic heterocycles. The molecule has 240 valence electrons. The monoisotopic (exact) mass is 646 g/mol. The largest absolute Gasteiger partial charge is 0.486 e. The number of ether oxygens (including phenoxy) is 2. The van der Waals surface area contributed by atoms with Crippen molar-refractivity contribution in [1.82, 2.24) is 9.99 Å². The first-order chi connectivity index (χ1) is 22.4. The zero-order valence-electron chi connectivity index (χ0n) is 24.8. The Morgan fingerprint density at radius 1 is 0.979 bits per heavy atom. The van der Waals surface area contributed by atoms with Crippen LogP contribution in [0.5, 0.6) is 11.5 Å². The first kappa shape index (κ1) is 32.2. The van der Waals surface area contributed by atoms with Gasteiger partial charge in [-0.2, -0.15) is 18.3 Å². The summed E-state index contributed by atoms with van der Waals surface area (Å²) in [5.41, 5.74) is 3.44. The van der Waals surface area contributed by atoms with Gasteiger partial charge in [-0.3, -0.25) is 14.9 Å². The molecule has 5 rings (SSSR count). The molecule has 2 heterocycles. The van der Waals surface area contributed by atoms with Crippen molar-refractivity contribution in [1.29, 1.82) is 0 Å². The number of hydrogen-bond donors (Lipinski definition) is 1. The summed E-state index contributed by atoms with van der Waals surface area (Å²) < 4.78 is 57.8. The average Bonchev–Trinajstić information content (AvgIpc) is 3.66. The molecule has 0 aliphatic carbocycles. The molecule has 0 unspecified atom stereocenters. The van der Waals surface area contributed by atoms with Gasteiger partial charge in [-0.05, 0) is 86.6 Å². The van der Waals surface area contributed by atoms with Gasteiger partial charge in [-0.25, -0.2) is 10.2 Å². The van der Waals surface area contributed by atoms with E-state index in [1.165, 1.54) is 6.07 Å². The molecule has 14 heteroatoms. The molecule has 0 atom stereocenters. The number of hydrogen-bond acceptors (Lipinski definition) is 8. The molecule has 1 amide bonds. The summed E-state index contributed by atoms with van der Waals surface area (Å²) in [4.78, 5) is 35.8. The van der Waals surface area contributed by atoms with Crippen LogP contribution in [-0.4, -0.2) is 27.6 Å². The van der Waals surface area contributed by atoms with Gasteiger partial charge < -0.3 is 18.5 Å². The number of esters is 1. The SMILES string of the molecule is Cc1ccc(C)n1-c1ccc(OCc2ccc(C(=O)N/N=C/c3cc([N+](=O)[O-])ccc3OC(=O)c3cccc(C(F)(F)F)c3)o2)cc1. The van der Waals surface area contributed by atoms with E-state index in [4.69, 9.17) is 13.9 Å². The summed E-state index contributed by atoms with van der Waals surface area (Å²) in [6.45, 7) is 4.07. The highest BCUT2D eigenvalue weighted by molar-refractivity contribution is 5.95. The molecular weight excluding hydrogens is 621 g/mol. The smallest absolute Gasteiger partial charge is 0.416 e. The van der Waals surface area contributed by atoms with E-state index in [1.54, 1.807) is 6.07 Å². The number of halogens is 3. The van der Waals surface area contributed by atoms with Gasteiger partial charge in [-0.1, -0.05) is 6.07 Å². The lowest BCUT2D eigenvalue weighted by molar-refractivity contribution is -0.384. The van der Waals surface area contributed by atoms with Crippen molar-refractivity contribution in [2.75, 3.05) is 0 Å². The van der Waals surface area contributed by atoms with Crippen LogP contribution < -0.4 is 14.9 Å². The Kier molecular flexibility index (Phi) is 9.21. The fourth-order valence-corrected chi connectivity index (χ4v) is 4.54. The lowest BCUT2D eigenvalue weighted by Gasteiger charge is -2.10. The molecule has 11 nitrogen and oxygen atoms in total. The summed E-state index contributed by atoms with van der Waals surface area (Å²) in [6, 6.07) is 21.2. The number of nitro benzene ring substituents is 1. The van der Waals surface area contributed by atoms with E-state index >= 15 is 0 Å². The predicted molar refractivity (Wildman–Crippen MR) is 163 cm³/mol. The first-order valence-electron chi connectivity index (χ1n) is 13.9. The number of furan rings is 1. The lowest BCUT2D eigenvalue weighted by atomic mass is 10.1. The molecule has 2 aromatic heterocycles. The molecule has 3 aromatic carbocycles. The highest BCUT2D eigenvalue weighted by Gasteiger charge is 2.31. The lowest BCUT2D eigenvalue weighted by Crippen LogP contribution is -2.17. The minimum absolute atomic E-state index is 0.0335. The number of nitrogens with zero attached hydrogens (tertiary/aromatic N) is 3. The van der Waals surface area contributed by atoms with Crippen LogP contribution in [0.3, 0.4) is 0 Å². The standard InChI is InChI=1S/C33H25F3N4O7/c1-20-6-7-21(2)39(20)25-8-11-27(12-9-25)45-19-28-13-15-30(46-28)31(41)38-37-18-23-17-26(40(43)44)10-14-29(23)47-32(42)22-4-3-5-24(16-22)33(34,35)36/h3-18H,19H2,1-2H3,(H,38,41)/b37-18+. The Balaban J connectivity index is 1.22. The summed E-state index contributed by atoms with van der Waals surface area (Å²) in [7, 11) is 0. The van der Waals surface area contributed by atoms with Gasteiger partial charge in [0.05, 0.1) is 22.3 Å². The second kappa shape index (κ2) is 13.4. The zero-order valence-corrected chi connectivity index (χ0v) is 24.8. The topological polar surface area (TPSA) is 138 Å². The first-order valence-corrected chi connectivity index (χ1v) is 13.9. The number of alkyl halides is 3. The molecule has 5 aromatic rings. The second-order valence-corrected chi connectivity index (χ2v) is 10.1. The Morgan fingerprint density at radius 2 is 1.70 bits per heavy atom. The molecular formula is C33H25F3N4O7. The van der Waals surface area contributed by atoms with Gasteiger partial charge in [-0.15, -0.1) is 0 Å². The Hall–Kier alpha value is -6.18. The molecule has 0 saturated carbocycles. The number of aryl methyl sites for hydroxylation is 2. The van der Waals surface area contributed by atoms with Crippen LogP contribution in [0.25, 0.3) is 5.69 Å². The molecule has 47 heavy (non-hydrogen) atoms. The molecule has 0 radical (unpaired) electrons. The van der Waals surface area contributed by atoms with Crippen molar-refractivity contribution < 1.29 is 41.6 Å². The second-order valence-electron chi connectivity index (χ2n) is 10.1. The number of non-ortho nitro benzene ring substituents is 1. The molecule has 0 spiro atoms. The average molecular weight is 647 g/mol. The van der Waals surface area contributed by atoms with Gasteiger partial charge >= 0.3 is 18.1 Å². The normalized spacial score (nSPS) is 11.4. The third-order valence-corrected chi connectivity index (χ3v) is 6.83. The van der Waals surface area contributed by atoms with Crippen LogP contribution >= 0.6 is 0 Å². The quantitative estimate of drug-likeness (QED) is 0.0558. The minimum atomic E-state index is -4.68. The van der Waals surface area contributed by atoms with Crippen LogP contribution in [0, 0.1) is 24.0 Å². The molecule has 0 fully saturated rings. The van der Waals surface area contributed by atoms with Crippen LogP contribution in [0.15, 0.2) is 101 Å². The van der Waals surface area contributed by atoms with Crippen molar-refractivity contribution in [2.24, 2.45) is 5.10 Å². The number of nitrogens with one attached hydrogen (secondary N) is 1. The summed E-state index contributed by atoms with van der Waals surface area (Å²) in [6.07, 6.45) is -3.71. The van der Waals surface area contributed by atoms with Crippen LogP contribution in [0.1, 0.15) is 49.2 Å². The van der Waals surface area contributed by atoms with Crippen molar-refractivity contribution in [3.63, 3.8) is 0 Å². The van der Waals surface area contributed by atoms with Gasteiger partial charge in [0.2, 0.25) is 0 Å². The minimum Gasteiger partial charge on any atom is -0.486 e. The van der Waals surface area contributed by atoms with Crippen molar-refractivity contribution >= 4 is 23.8 Å². The van der Waals surface area contributed by atoms with Crippen molar-refractivity contribution in [3.05, 3.63) is 141 Å². The fraction of sp³-hybridized carbons (Fsp3) is 0.121. The van der Waals surface area contributed by atoms with E-state index < -0.39 is 39.8 Å². The number of aromatic nitrogens is 1. The number of amides is 1. The fourth-order valence-electron chi connectivity index (χ4n) is 4.54. The third-order valence-electron chi connectivity index (χ3n) is 6.83. The number of hydrazone groups is 1.